The zero-order valence-corrected chi connectivity index (χ0v) is 21.0. The molecule has 1 aliphatic heterocycles. The Labute approximate surface area is 215 Å². The third-order valence-corrected chi connectivity index (χ3v) is 6.18. The van der Waals surface area contributed by atoms with Crippen molar-refractivity contribution in [3.8, 4) is 17.6 Å². The number of nitrogens with one attached hydrogen (secondary N) is 1. The highest BCUT2D eigenvalue weighted by atomic mass is 79.9. The Morgan fingerprint density at radius 1 is 1.06 bits per heavy atom. The number of ether oxygens (including phenoxy) is 2. The first-order valence-corrected chi connectivity index (χ1v) is 11.6. The van der Waals surface area contributed by atoms with Crippen LogP contribution in [0.1, 0.15) is 22.3 Å². The van der Waals surface area contributed by atoms with Crippen molar-refractivity contribution < 1.29 is 23.9 Å². The summed E-state index contributed by atoms with van der Waals surface area (Å²) in [5, 5.41) is 11.5. The van der Waals surface area contributed by atoms with Gasteiger partial charge in [-0.2, -0.15) is 5.26 Å². The summed E-state index contributed by atoms with van der Waals surface area (Å²) in [5.74, 6) is -0.788. The van der Waals surface area contributed by atoms with E-state index < -0.39 is 17.8 Å². The maximum atomic E-state index is 13.2. The smallest absolute Gasteiger partial charge is 0.335 e. The lowest BCUT2D eigenvalue weighted by atomic mass is 10.1. The van der Waals surface area contributed by atoms with E-state index in [1.165, 1.54) is 13.2 Å². The van der Waals surface area contributed by atoms with Gasteiger partial charge in [-0.15, -0.1) is 0 Å². The van der Waals surface area contributed by atoms with Crippen molar-refractivity contribution in [2.45, 2.75) is 13.5 Å². The zero-order valence-electron chi connectivity index (χ0n) is 19.4. The largest absolute Gasteiger partial charge is 0.493 e. The van der Waals surface area contributed by atoms with Crippen molar-refractivity contribution in [1.82, 2.24) is 5.32 Å². The molecular formula is C27H20BrN3O5. The van der Waals surface area contributed by atoms with Gasteiger partial charge in [-0.05, 0) is 48.9 Å². The predicted molar refractivity (Wildman–Crippen MR) is 136 cm³/mol. The summed E-state index contributed by atoms with van der Waals surface area (Å²) in [6, 6.07) is 18.5. The molecule has 3 aromatic carbocycles. The van der Waals surface area contributed by atoms with Crippen LogP contribution in [-0.4, -0.2) is 25.0 Å². The molecule has 9 heteroatoms. The van der Waals surface area contributed by atoms with Gasteiger partial charge in [0.25, 0.3) is 11.8 Å². The van der Waals surface area contributed by atoms with Crippen LogP contribution in [0.3, 0.4) is 0 Å². The van der Waals surface area contributed by atoms with Crippen molar-refractivity contribution in [2.75, 3.05) is 12.0 Å². The lowest BCUT2D eigenvalue weighted by Gasteiger charge is -2.26. The van der Waals surface area contributed by atoms with Crippen LogP contribution in [0.25, 0.3) is 6.08 Å². The fraction of sp³-hybridized carbons (Fsp3) is 0.111. The minimum Gasteiger partial charge on any atom is -0.493 e. The minimum atomic E-state index is -0.816. The molecular weight excluding hydrogens is 526 g/mol. The van der Waals surface area contributed by atoms with Crippen LogP contribution in [0.4, 0.5) is 10.5 Å². The van der Waals surface area contributed by atoms with E-state index in [0.717, 1.165) is 16.0 Å². The number of imide groups is 2. The molecule has 4 amide bonds. The molecule has 0 radical (unpaired) electrons. The number of nitriles is 1. The molecule has 180 valence electrons. The van der Waals surface area contributed by atoms with Crippen LogP contribution >= 0.6 is 15.9 Å². The Morgan fingerprint density at radius 2 is 1.78 bits per heavy atom. The van der Waals surface area contributed by atoms with Gasteiger partial charge in [0.1, 0.15) is 12.2 Å². The topological polar surface area (TPSA) is 109 Å². The molecule has 0 aromatic heterocycles. The Kier molecular flexibility index (Phi) is 7.17. The molecule has 0 unspecified atom stereocenters. The highest BCUT2D eigenvalue weighted by molar-refractivity contribution is 9.10. The summed E-state index contributed by atoms with van der Waals surface area (Å²) in [7, 11) is 1.46. The van der Waals surface area contributed by atoms with Gasteiger partial charge in [0.2, 0.25) is 0 Å². The lowest BCUT2D eigenvalue weighted by molar-refractivity contribution is -0.122. The number of hydrogen-bond donors (Lipinski definition) is 1. The number of benzene rings is 3. The molecule has 1 aliphatic rings. The molecule has 8 nitrogen and oxygen atoms in total. The first-order chi connectivity index (χ1) is 17.3. The molecule has 0 aliphatic carbocycles. The van der Waals surface area contributed by atoms with Gasteiger partial charge >= 0.3 is 6.03 Å². The van der Waals surface area contributed by atoms with Gasteiger partial charge < -0.3 is 9.47 Å². The Morgan fingerprint density at radius 3 is 2.47 bits per heavy atom. The van der Waals surface area contributed by atoms with Crippen LogP contribution in [0.2, 0.25) is 0 Å². The molecule has 0 atom stereocenters. The summed E-state index contributed by atoms with van der Waals surface area (Å²) >= 11 is 3.46. The predicted octanol–water partition coefficient (Wildman–Crippen LogP) is 4.88. The lowest BCUT2D eigenvalue weighted by Crippen LogP contribution is -2.54. The van der Waals surface area contributed by atoms with Gasteiger partial charge in [0.05, 0.1) is 24.4 Å². The number of aryl methyl sites for hydroxylation is 1. The average Bonchev–Trinajstić information content (AvgIpc) is 2.87. The van der Waals surface area contributed by atoms with E-state index in [1.807, 2.05) is 13.0 Å². The Balaban J connectivity index is 1.65. The summed E-state index contributed by atoms with van der Waals surface area (Å²) < 4.78 is 11.9. The molecule has 0 bridgehead atoms. The maximum Gasteiger partial charge on any atom is 0.335 e. The Bertz CT molecular complexity index is 1440. The molecule has 1 saturated heterocycles. The van der Waals surface area contributed by atoms with E-state index in [0.29, 0.717) is 32.8 Å². The minimum absolute atomic E-state index is 0.140. The number of methoxy groups -OCH3 is 1. The van der Waals surface area contributed by atoms with Crippen LogP contribution in [0.5, 0.6) is 11.5 Å². The maximum absolute atomic E-state index is 13.2. The van der Waals surface area contributed by atoms with Crippen LogP contribution in [0, 0.1) is 18.3 Å². The molecule has 3 aromatic rings. The normalized spacial score (nSPS) is 14.4. The third kappa shape index (κ3) is 4.99. The van der Waals surface area contributed by atoms with Crippen molar-refractivity contribution >= 4 is 45.5 Å². The van der Waals surface area contributed by atoms with E-state index in [2.05, 4.69) is 27.3 Å². The monoisotopic (exact) mass is 545 g/mol. The van der Waals surface area contributed by atoms with Gasteiger partial charge in [0, 0.05) is 10.0 Å². The Hall–Kier alpha value is -4.42. The van der Waals surface area contributed by atoms with E-state index >= 15 is 0 Å². The SMILES string of the molecule is COc1cc(/C=C2\C(=O)NC(=O)N(c3ccc(C)cc3)C2=O)c(Br)cc1OCc1ccccc1C#N. The number of barbiturate groups is 1. The molecule has 4 rings (SSSR count). The number of rotatable bonds is 6. The highest BCUT2D eigenvalue weighted by Crippen LogP contribution is 2.36. The number of nitrogens with zero attached hydrogens (tertiary/aromatic N) is 2. The molecule has 0 spiro atoms. The van der Waals surface area contributed by atoms with Crippen LogP contribution in [0.15, 0.2) is 70.7 Å². The average molecular weight is 546 g/mol. The first kappa shape index (κ1) is 24.7. The van der Waals surface area contributed by atoms with Gasteiger partial charge in [-0.1, -0.05) is 51.8 Å². The number of hydrogen-bond acceptors (Lipinski definition) is 6. The highest BCUT2D eigenvalue weighted by Gasteiger charge is 2.37. The van der Waals surface area contributed by atoms with Crippen LogP contribution < -0.4 is 19.7 Å². The standard InChI is InChI=1S/C27H20BrN3O5/c1-16-7-9-20(10-8-16)31-26(33)21(25(32)30-27(31)34)11-19-12-23(35-2)24(13-22(19)28)36-15-18-6-4-3-5-17(18)14-29/h3-13H,15H2,1-2H3,(H,30,32,34)/b21-11+. The number of amides is 4. The molecule has 1 fully saturated rings. The van der Waals surface area contributed by atoms with E-state index in [4.69, 9.17) is 9.47 Å². The first-order valence-electron chi connectivity index (χ1n) is 10.8. The number of halogens is 1. The second kappa shape index (κ2) is 10.5. The number of carbonyl (C=O) groups is 3. The quantitative estimate of drug-likeness (QED) is 0.349. The summed E-state index contributed by atoms with van der Waals surface area (Å²) in [5.41, 5.74) is 2.79. The van der Waals surface area contributed by atoms with Crippen molar-refractivity contribution in [1.29, 1.82) is 5.26 Å². The number of carbonyl (C=O) groups excluding carboxylic acids is 3. The van der Waals surface area contributed by atoms with Crippen molar-refractivity contribution in [3.05, 3.63) is 93.0 Å². The van der Waals surface area contributed by atoms with Crippen molar-refractivity contribution in [3.63, 3.8) is 0 Å². The molecule has 1 N–H and O–H groups in total. The van der Waals surface area contributed by atoms with E-state index in [9.17, 15) is 19.6 Å². The van der Waals surface area contributed by atoms with Gasteiger partial charge in [-0.25, -0.2) is 9.69 Å². The number of anilines is 1. The fourth-order valence-corrected chi connectivity index (χ4v) is 4.02. The van der Waals surface area contributed by atoms with E-state index in [1.54, 1.807) is 54.6 Å². The molecule has 36 heavy (non-hydrogen) atoms. The van der Waals surface area contributed by atoms with Crippen molar-refractivity contribution in [2.24, 2.45) is 0 Å². The summed E-state index contributed by atoms with van der Waals surface area (Å²) in [4.78, 5) is 39.1. The fourth-order valence-electron chi connectivity index (χ4n) is 3.59. The molecule has 0 saturated carbocycles. The molecule has 1 heterocycles. The van der Waals surface area contributed by atoms with Gasteiger partial charge in [-0.3, -0.25) is 14.9 Å². The number of urea groups is 1. The zero-order chi connectivity index (χ0) is 25.8. The second-order valence-corrected chi connectivity index (χ2v) is 8.73. The summed E-state index contributed by atoms with van der Waals surface area (Å²) in [6.45, 7) is 2.03. The second-order valence-electron chi connectivity index (χ2n) is 7.88. The van der Waals surface area contributed by atoms with Gasteiger partial charge in [0.15, 0.2) is 11.5 Å². The third-order valence-electron chi connectivity index (χ3n) is 5.50. The van der Waals surface area contributed by atoms with E-state index in [-0.39, 0.29) is 12.2 Å². The summed E-state index contributed by atoms with van der Waals surface area (Å²) in [6.07, 6.45) is 1.38. The van der Waals surface area contributed by atoms with Crippen LogP contribution in [-0.2, 0) is 16.2 Å².